The Labute approximate surface area is 108 Å². The molecule has 96 valence electrons. The van der Waals surface area contributed by atoms with Crippen LogP contribution in [0.5, 0.6) is 0 Å². The Morgan fingerprint density at radius 3 is 2.61 bits per heavy atom. The molecule has 0 saturated carbocycles. The first kappa shape index (κ1) is 14.0. The number of unbranched alkanes of at least 4 members (excludes halogenated alkanes) is 2. The molecule has 0 aliphatic rings. The van der Waals surface area contributed by atoms with Gasteiger partial charge in [-0.15, -0.1) is 0 Å². The van der Waals surface area contributed by atoms with E-state index in [2.05, 4.69) is 23.6 Å². The van der Waals surface area contributed by atoms with Crippen molar-refractivity contribution in [2.45, 2.75) is 32.6 Å². The average Bonchev–Trinajstić information content (AvgIpc) is 2.37. The van der Waals surface area contributed by atoms with Crippen LogP contribution in [-0.4, -0.2) is 12.6 Å². The Morgan fingerprint density at radius 1 is 1.28 bits per heavy atom. The molecular weight excluding hydrogens is 226 g/mol. The van der Waals surface area contributed by atoms with Crippen LogP contribution in [0.3, 0.4) is 0 Å². The fourth-order valence-electron chi connectivity index (χ4n) is 1.55. The molecule has 1 aromatic rings. The van der Waals surface area contributed by atoms with E-state index in [9.17, 15) is 4.79 Å². The predicted molar refractivity (Wildman–Crippen MR) is 72.3 cm³/mol. The van der Waals surface area contributed by atoms with Gasteiger partial charge in [0.1, 0.15) is 0 Å². The highest BCUT2D eigenvalue weighted by atomic mass is 16.2. The van der Waals surface area contributed by atoms with Crippen molar-refractivity contribution in [2.24, 2.45) is 0 Å². The molecule has 0 aliphatic carbocycles. The Hall–Kier alpha value is -2.02. The van der Waals surface area contributed by atoms with Gasteiger partial charge < -0.3 is 10.6 Å². The van der Waals surface area contributed by atoms with Gasteiger partial charge in [-0.3, -0.25) is 0 Å². The van der Waals surface area contributed by atoms with E-state index in [0.29, 0.717) is 13.0 Å². The Kier molecular flexibility index (Phi) is 6.34. The summed E-state index contributed by atoms with van der Waals surface area (Å²) in [6.07, 6.45) is 3.67. The van der Waals surface area contributed by atoms with Crippen molar-refractivity contribution in [3.05, 3.63) is 29.8 Å². The van der Waals surface area contributed by atoms with Crippen LogP contribution in [0.15, 0.2) is 24.3 Å². The zero-order valence-corrected chi connectivity index (χ0v) is 10.7. The van der Waals surface area contributed by atoms with Gasteiger partial charge >= 0.3 is 6.03 Å². The largest absolute Gasteiger partial charge is 0.338 e. The van der Waals surface area contributed by atoms with Gasteiger partial charge in [0.25, 0.3) is 0 Å². The summed E-state index contributed by atoms with van der Waals surface area (Å²) in [4.78, 5) is 11.5. The van der Waals surface area contributed by atoms with Crippen LogP contribution in [0.2, 0.25) is 0 Å². The van der Waals surface area contributed by atoms with Gasteiger partial charge in [-0.25, -0.2) is 4.79 Å². The van der Waals surface area contributed by atoms with Gasteiger partial charge in [0.15, 0.2) is 0 Å². The molecule has 0 unspecified atom stereocenters. The Bertz CT molecular complexity index is 406. The van der Waals surface area contributed by atoms with Crippen molar-refractivity contribution < 1.29 is 4.79 Å². The van der Waals surface area contributed by atoms with Crippen LogP contribution in [0.4, 0.5) is 10.5 Å². The lowest BCUT2D eigenvalue weighted by Gasteiger charge is -2.07. The molecular formula is C14H19N3O. The second kappa shape index (κ2) is 8.13. The van der Waals surface area contributed by atoms with E-state index in [4.69, 9.17) is 5.26 Å². The molecule has 2 amide bonds. The average molecular weight is 245 g/mol. The number of nitrogens with one attached hydrogen (secondary N) is 2. The molecule has 0 heterocycles. The molecule has 0 atom stereocenters. The second-order valence-electron chi connectivity index (χ2n) is 4.12. The molecule has 2 N–H and O–H groups in total. The van der Waals surface area contributed by atoms with Crippen molar-refractivity contribution >= 4 is 11.7 Å². The molecule has 0 fully saturated rings. The number of anilines is 1. The lowest BCUT2D eigenvalue weighted by Crippen LogP contribution is -2.29. The lowest BCUT2D eigenvalue weighted by atomic mass is 10.1. The third-order valence-electron chi connectivity index (χ3n) is 2.56. The summed E-state index contributed by atoms with van der Waals surface area (Å²) in [5.74, 6) is 0. The van der Waals surface area contributed by atoms with Gasteiger partial charge in [0.2, 0.25) is 0 Å². The van der Waals surface area contributed by atoms with E-state index in [0.717, 1.165) is 30.5 Å². The third kappa shape index (κ3) is 5.35. The van der Waals surface area contributed by atoms with Crippen LogP contribution < -0.4 is 10.6 Å². The number of carbonyl (C=O) groups is 1. The van der Waals surface area contributed by atoms with E-state index >= 15 is 0 Å². The molecule has 0 aromatic heterocycles. The number of benzene rings is 1. The molecule has 4 nitrogen and oxygen atoms in total. The van der Waals surface area contributed by atoms with Crippen molar-refractivity contribution in [1.82, 2.24) is 5.32 Å². The zero-order valence-electron chi connectivity index (χ0n) is 10.7. The standard InChI is InChI=1S/C14H19N3O/c1-2-3-4-11-16-14(18)17-13-7-5-12(6-8-13)9-10-15/h5-8H,2-4,9,11H2,1H3,(H2,16,17,18). The van der Waals surface area contributed by atoms with Crippen molar-refractivity contribution in [3.8, 4) is 6.07 Å². The molecule has 4 heteroatoms. The van der Waals surface area contributed by atoms with Crippen LogP contribution >= 0.6 is 0 Å². The number of nitrogens with zero attached hydrogens (tertiary/aromatic N) is 1. The maximum absolute atomic E-state index is 11.5. The molecule has 1 aromatic carbocycles. The maximum Gasteiger partial charge on any atom is 0.319 e. The fraction of sp³-hybridized carbons (Fsp3) is 0.429. The number of urea groups is 1. The fourth-order valence-corrected chi connectivity index (χ4v) is 1.55. The molecule has 0 spiro atoms. The van der Waals surface area contributed by atoms with Gasteiger partial charge in [0.05, 0.1) is 12.5 Å². The lowest BCUT2D eigenvalue weighted by molar-refractivity contribution is 0.252. The van der Waals surface area contributed by atoms with E-state index in [-0.39, 0.29) is 6.03 Å². The summed E-state index contributed by atoms with van der Waals surface area (Å²) in [6.45, 7) is 2.83. The molecule has 0 bridgehead atoms. The van der Waals surface area contributed by atoms with Crippen LogP contribution in [0.25, 0.3) is 0 Å². The number of amides is 2. The van der Waals surface area contributed by atoms with E-state index in [1.54, 1.807) is 12.1 Å². The van der Waals surface area contributed by atoms with Gasteiger partial charge in [0, 0.05) is 12.2 Å². The maximum atomic E-state index is 11.5. The quantitative estimate of drug-likeness (QED) is 0.756. The van der Waals surface area contributed by atoms with Crippen LogP contribution in [-0.2, 0) is 6.42 Å². The minimum absolute atomic E-state index is 0.181. The summed E-state index contributed by atoms with van der Waals surface area (Å²) in [5, 5.41) is 14.1. The van der Waals surface area contributed by atoms with Crippen molar-refractivity contribution in [3.63, 3.8) is 0 Å². The predicted octanol–water partition coefficient (Wildman–Crippen LogP) is 3.06. The summed E-state index contributed by atoms with van der Waals surface area (Å²) < 4.78 is 0. The van der Waals surface area contributed by atoms with Gasteiger partial charge in [-0.2, -0.15) is 5.26 Å². The Morgan fingerprint density at radius 2 is 2.00 bits per heavy atom. The third-order valence-corrected chi connectivity index (χ3v) is 2.56. The van der Waals surface area contributed by atoms with E-state index < -0.39 is 0 Å². The number of hydrogen-bond acceptors (Lipinski definition) is 2. The monoisotopic (exact) mass is 245 g/mol. The van der Waals surface area contributed by atoms with Crippen LogP contribution in [0.1, 0.15) is 31.7 Å². The summed E-state index contributed by atoms with van der Waals surface area (Å²) >= 11 is 0. The molecule has 0 radical (unpaired) electrons. The molecule has 1 rings (SSSR count). The summed E-state index contributed by atoms with van der Waals surface area (Å²) in [7, 11) is 0. The first-order valence-corrected chi connectivity index (χ1v) is 6.27. The number of rotatable bonds is 6. The topological polar surface area (TPSA) is 64.9 Å². The zero-order chi connectivity index (χ0) is 13.2. The van der Waals surface area contributed by atoms with Crippen LogP contribution in [0, 0.1) is 11.3 Å². The molecule has 0 saturated heterocycles. The minimum Gasteiger partial charge on any atom is -0.338 e. The number of hydrogen-bond donors (Lipinski definition) is 2. The normalized spacial score (nSPS) is 9.56. The van der Waals surface area contributed by atoms with E-state index in [1.165, 1.54) is 0 Å². The highest BCUT2D eigenvalue weighted by Gasteiger charge is 2.00. The minimum atomic E-state index is -0.181. The van der Waals surface area contributed by atoms with Crippen molar-refractivity contribution in [1.29, 1.82) is 5.26 Å². The highest BCUT2D eigenvalue weighted by Crippen LogP contribution is 2.09. The number of carbonyl (C=O) groups excluding carboxylic acids is 1. The first-order valence-electron chi connectivity index (χ1n) is 6.27. The smallest absolute Gasteiger partial charge is 0.319 e. The van der Waals surface area contributed by atoms with Crippen molar-refractivity contribution in [2.75, 3.05) is 11.9 Å². The first-order chi connectivity index (χ1) is 8.76. The molecule has 18 heavy (non-hydrogen) atoms. The van der Waals surface area contributed by atoms with Gasteiger partial charge in [-0.05, 0) is 24.1 Å². The Balaban J connectivity index is 2.33. The highest BCUT2D eigenvalue weighted by molar-refractivity contribution is 5.89. The second-order valence-corrected chi connectivity index (χ2v) is 4.12. The molecule has 0 aliphatic heterocycles. The number of nitriles is 1. The van der Waals surface area contributed by atoms with Gasteiger partial charge in [-0.1, -0.05) is 31.9 Å². The van der Waals surface area contributed by atoms with E-state index in [1.807, 2.05) is 12.1 Å². The summed E-state index contributed by atoms with van der Waals surface area (Å²) in [6, 6.07) is 9.20. The SMILES string of the molecule is CCCCCNC(=O)Nc1ccc(CC#N)cc1. The summed E-state index contributed by atoms with van der Waals surface area (Å²) in [5.41, 5.74) is 1.69.